The summed E-state index contributed by atoms with van der Waals surface area (Å²) in [5, 5.41) is 2.85. The fourth-order valence-corrected chi connectivity index (χ4v) is 3.22. The molecule has 3 rings (SSSR count). The minimum Gasteiger partial charge on any atom is -0.493 e. The minimum absolute atomic E-state index is 0.113. The maximum Gasteiger partial charge on any atom is 0.262 e. The zero-order valence-corrected chi connectivity index (χ0v) is 16.9. The maximum absolute atomic E-state index is 12.2. The fourth-order valence-electron chi connectivity index (χ4n) is 2.91. The molecule has 1 N–H and O–H groups in total. The van der Waals surface area contributed by atoms with Gasteiger partial charge in [0.2, 0.25) is 0 Å². The second-order valence-electron chi connectivity index (χ2n) is 6.42. The monoisotopic (exact) mass is 400 g/mol. The molecule has 0 bridgehead atoms. The lowest BCUT2D eigenvalue weighted by molar-refractivity contribution is -0.118. The predicted octanol–water partition coefficient (Wildman–Crippen LogP) is 3.03. The number of ether oxygens (including phenoxy) is 3. The lowest BCUT2D eigenvalue weighted by Crippen LogP contribution is -2.40. The quantitative estimate of drug-likeness (QED) is 0.753. The average molecular weight is 401 g/mol. The van der Waals surface area contributed by atoms with E-state index in [9.17, 15) is 4.79 Å². The highest BCUT2D eigenvalue weighted by molar-refractivity contribution is 7.80. The number of nitrogens with zero attached hydrogens (tertiary/aromatic N) is 1. The number of hydrogen-bond acceptors (Lipinski definition) is 5. The number of para-hydroxylation sites is 1. The van der Waals surface area contributed by atoms with Crippen molar-refractivity contribution in [1.29, 1.82) is 0 Å². The van der Waals surface area contributed by atoms with Crippen LogP contribution in [0.4, 0.5) is 5.69 Å². The van der Waals surface area contributed by atoms with E-state index in [-0.39, 0.29) is 12.5 Å². The van der Waals surface area contributed by atoms with Crippen molar-refractivity contribution in [1.82, 2.24) is 4.90 Å². The van der Waals surface area contributed by atoms with Gasteiger partial charge in [-0.1, -0.05) is 30.4 Å². The van der Waals surface area contributed by atoms with Crippen LogP contribution in [0.1, 0.15) is 11.1 Å². The van der Waals surface area contributed by atoms with E-state index in [1.165, 1.54) is 0 Å². The van der Waals surface area contributed by atoms with Crippen LogP contribution in [-0.2, 0) is 9.53 Å². The Morgan fingerprint density at radius 3 is 2.64 bits per heavy atom. The summed E-state index contributed by atoms with van der Waals surface area (Å²) in [5.41, 5.74) is 2.65. The van der Waals surface area contributed by atoms with Gasteiger partial charge in [-0.15, -0.1) is 0 Å². The normalized spacial score (nSPS) is 13.7. The second kappa shape index (κ2) is 9.52. The summed E-state index contributed by atoms with van der Waals surface area (Å²) in [6.07, 6.45) is 0. The Labute approximate surface area is 170 Å². The molecule has 2 aromatic carbocycles. The molecule has 0 atom stereocenters. The Kier molecular flexibility index (Phi) is 6.84. The molecule has 1 aliphatic heterocycles. The highest BCUT2D eigenvalue weighted by Gasteiger charge is 2.17. The molecule has 1 amide bonds. The van der Waals surface area contributed by atoms with Gasteiger partial charge in [0.25, 0.3) is 5.91 Å². The van der Waals surface area contributed by atoms with Gasteiger partial charge in [-0.05, 0) is 36.8 Å². The molecule has 6 nitrogen and oxygen atoms in total. The second-order valence-corrected chi connectivity index (χ2v) is 6.81. The summed E-state index contributed by atoms with van der Waals surface area (Å²) in [5.74, 6) is 0.803. The number of methoxy groups -OCH3 is 1. The SMILES string of the molecule is COc1cc(C(=S)N2CCOCC2)ccc1OCC(=O)Nc1ccccc1C. The largest absolute Gasteiger partial charge is 0.493 e. The maximum atomic E-state index is 12.2. The van der Waals surface area contributed by atoms with E-state index < -0.39 is 0 Å². The number of benzene rings is 2. The van der Waals surface area contributed by atoms with Crippen LogP contribution in [0.25, 0.3) is 0 Å². The van der Waals surface area contributed by atoms with Gasteiger partial charge >= 0.3 is 0 Å². The lowest BCUT2D eigenvalue weighted by Gasteiger charge is -2.29. The number of thiocarbonyl (C=S) groups is 1. The predicted molar refractivity (Wildman–Crippen MR) is 112 cm³/mol. The van der Waals surface area contributed by atoms with Crippen molar-refractivity contribution in [2.75, 3.05) is 45.3 Å². The van der Waals surface area contributed by atoms with Gasteiger partial charge in [-0.3, -0.25) is 4.79 Å². The van der Waals surface area contributed by atoms with E-state index in [4.69, 9.17) is 26.4 Å². The number of anilines is 1. The van der Waals surface area contributed by atoms with Gasteiger partial charge in [0, 0.05) is 24.3 Å². The summed E-state index contributed by atoms with van der Waals surface area (Å²) in [6, 6.07) is 13.1. The van der Waals surface area contributed by atoms with Crippen LogP contribution in [-0.4, -0.2) is 55.8 Å². The molecule has 1 heterocycles. The first-order valence-corrected chi connectivity index (χ1v) is 9.52. The van der Waals surface area contributed by atoms with Crippen molar-refractivity contribution in [3.05, 3.63) is 53.6 Å². The molecule has 0 aromatic heterocycles. The Hall–Kier alpha value is -2.64. The zero-order valence-electron chi connectivity index (χ0n) is 16.1. The van der Waals surface area contributed by atoms with Crippen molar-refractivity contribution < 1.29 is 19.0 Å². The van der Waals surface area contributed by atoms with Crippen LogP contribution in [0.2, 0.25) is 0 Å². The first-order valence-electron chi connectivity index (χ1n) is 9.12. The summed E-state index contributed by atoms with van der Waals surface area (Å²) in [4.78, 5) is 15.1. The topological polar surface area (TPSA) is 60.0 Å². The highest BCUT2D eigenvalue weighted by atomic mass is 32.1. The molecule has 28 heavy (non-hydrogen) atoms. The van der Waals surface area contributed by atoms with E-state index in [0.717, 1.165) is 34.9 Å². The first-order chi connectivity index (χ1) is 13.6. The Balaban J connectivity index is 1.63. The van der Waals surface area contributed by atoms with Gasteiger partial charge in [0.05, 0.1) is 20.3 Å². The third kappa shape index (κ3) is 4.99. The molecular weight excluding hydrogens is 376 g/mol. The third-order valence-electron chi connectivity index (χ3n) is 4.49. The molecule has 0 unspecified atom stereocenters. The molecule has 1 saturated heterocycles. The summed E-state index contributed by atoms with van der Waals surface area (Å²) >= 11 is 5.59. The Morgan fingerprint density at radius 1 is 1.18 bits per heavy atom. The van der Waals surface area contributed by atoms with Gasteiger partial charge in [0.15, 0.2) is 18.1 Å². The number of morpholine rings is 1. The van der Waals surface area contributed by atoms with E-state index in [1.807, 2.05) is 43.3 Å². The van der Waals surface area contributed by atoms with Crippen molar-refractivity contribution in [3.8, 4) is 11.5 Å². The summed E-state index contributed by atoms with van der Waals surface area (Å²) in [7, 11) is 1.57. The number of amides is 1. The van der Waals surface area contributed by atoms with Gasteiger partial charge in [0.1, 0.15) is 4.99 Å². The van der Waals surface area contributed by atoms with Crippen molar-refractivity contribution in [2.24, 2.45) is 0 Å². The van der Waals surface area contributed by atoms with Crippen molar-refractivity contribution in [3.63, 3.8) is 0 Å². The van der Waals surface area contributed by atoms with E-state index in [2.05, 4.69) is 10.2 Å². The van der Waals surface area contributed by atoms with Crippen LogP contribution in [0.5, 0.6) is 11.5 Å². The molecule has 0 saturated carbocycles. The summed E-state index contributed by atoms with van der Waals surface area (Å²) in [6.45, 7) is 4.73. The molecule has 0 aliphatic carbocycles. The Bertz CT molecular complexity index is 850. The molecular formula is C21H24N2O4S. The number of hydrogen-bond donors (Lipinski definition) is 1. The third-order valence-corrected chi connectivity index (χ3v) is 4.98. The number of aryl methyl sites for hydroxylation is 1. The lowest BCUT2D eigenvalue weighted by atomic mass is 10.1. The van der Waals surface area contributed by atoms with Crippen LogP contribution in [0, 0.1) is 6.92 Å². The standard InChI is InChI=1S/C21H24N2O4S/c1-15-5-3-4-6-17(15)22-20(24)14-27-18-8-7-16(13-19(18)25-2)21(28)23-9-11-26-12-10-23/h3-8,13H,9-12,14H2,1-2H3,(H,22,24). The van der Waals surface area contributed by atoms with Crippen molar-refractivity contribution in [2.45, 2.75) is 6.92 Å². The number of carbonyl (C=O) groups is 1. The van der Waals surface area contributed by atoms with Crippen LogP contribution in [0.3, 0.4) is 0 Å². The molecule has 0 spiro atoms. The number of nitrogens with one attached hydrogen (secondary N) is 1. The van der Waals surface area contributed by atoms with Crippen LogP contribution in [0.15, 0.2) is 42.5 Å². The molecule has 2 aromatic rings. The molecule has 1 aliphatic rings. The van der Waals surface area contributed by atoms with Gasteiger partial charge in [-0.25, -0.2) is 0 Å². The van der Waals surface area contributed by atoms with Crippen molar-refractivity contribution >= 4 is 28.8 Å². The zero-order chi connectivity index (χ0) is 19.9. The average Bonchev–Trinajstić information content (AvgIpc) is 2.74. The smallest absolute Gasteiger partial charge is 0.262 e. The van der Waals surface area contributed by atoms with Gasteiger partial charge < -0.3 is 24.4 Å². The van der Waals surface area contributed by atoms with E-state index in [0.29, 0.717) is 24.7 Å². The fraction of sp³-hybridized carbons (Fsp3) is 0.333. The van der Waals surface area contributed by atoms with E-state index >= 15 is 0 Å². The molecule has 7 heteroatoms. The van der Waals surface area contributed by atoms with Crippen LogP contribution < -0.4 is 14.8 Å². The van der Waals surface area contributed by atoms with Crippen LogP contribution >= 0.6 is 12.2 Å². The molecule has 1 fully saturated rings. The minimum atomic E-state index is -0.232. The Morgan fingerprint density at radius 2 is 1.93 bits per heavy atom. The number of rotatable bonds is 6. The first kappa shape index (κ1) is 20.1. The molecule has 0 radical (unpaired) electrons. The summed E-state index contributed by atoms with van der Waals surface area (Å²) < 4.78 is 16.5. The van der Waals surface area contributed by atoms with Gasteiger partial charge in [-0.2, -0.15) is 0 Å². The number of carbonyl (C=O) groups excluding carboxylic acids is 1. The highest BCUT2D eigenvalue weighted by Crippen LogP contribution is 2.29. The van der Waals surface area contributed by atoms with E-state index in [1.54, 1.807) is 13.2 Å². The molecule has 148 valence electrons.